The fraction of sp³-hybridized carbons (Fsp3) is 0.333. The second kappa shape index (κ2) is 4.99. The van der Waals surface area contributed by atoms with Crippen LogP contribution >= 0.6 is 11.6 Å². The van der Waals surface area contributed by atoms with E-state index in [4.69, 9.17) is 16.9 Å². The fourth-order valence-corrected chi connectivity index (χ4v) is 1.29. The number of nitrogens with zero attached hydrogens (tertiary/aromatic N) is 2. The van der Waals surface area contributed by atoms with Gasteiger partial charge in [-0.15, -0.1) is 11.6 Å². The van der Waals surface area contributed by atoms with Gasteiger partial charge in [-0.3, -0.25) is 4.98 Å². The van der Waals surface area contributed by atoms with Gasteiger partial charge < -0.3 is 0 Å². The summed E-state index contributed by atoms with van der Waals surface area (Å²) in [4.78, 5) is 3.59. The van der Waals surface area contributed by atoms with Crippen LogP contribution in [0.1, 0.15) is 23.4 Å². The van der Waals surface area contributed by atoms with Gasteiger partial charge in [-0.25, -0.2) is 13.2 Å². The van der Waals surface area contributed by atoms with E-state index in [1.165, 1.54) is 0 Å². The van der Waals surface area contributed by atoms with Crippen LogP contribution in [0.2, 0.25) is 0 Å². The first-order valence-corrected chi connectivity index (χ1v) is 4.52. The number of pyridine rings is 1. The summed E-state index contributed by atoms with van der Waals surface area (Å²) in [7, 11) is 0. The van der Waals surface area contributed by atoms with Crippen molar-refractivity contribution in [2.24, 2.45) is 0 Å². The molecule has 0 radical (unpaired) electrons. The molecule has 0 amide bonds. The maximum atomic E-state index is 13.1. The summed E-state index contributed by atoms with van der Waals surface area (Å²) < 4.78 is 37.9. The molecule has 15 heavy (non-hydrogen) atoms. The van der Waals surface area contributed by atoms with Gasteiger partial charge in [-0.1, -0.05) is 0 Å². The number of hydrogen-bond donors (Lipinski definition) is 0. The van der Waals surface area contributed by atoms with Crippen molar-refractivity contribution < 1.29 is 13.2 Å². The molecule has 0 atom stereocenters. The number of aromatic nitrogens is 1. The van der Waals surface area contributed by atoms with Gasteiger partial charge in [-0.2, -0.15) is 5.26 Å². The minimum absolute atomic E-state index is 0.0849. The zero-order valence-electron chi connectivity index (χ0n) is 7.48. The topological polar surface area (TPSA) is 36.7 Å². The summed E-state index contributed by atoms with van der Waals surface area (Å²) in [5.41, 5.74) is -0.764. The molecule has 1 aromatic rings. The monoisotopic (exact) mass is 234 g/mol. The Labute approximate surface area is 89.3 Å². The van der Waals surface area contributed by atoms with Crippen molar-refractivity contribution >= 4 is 11.6 Å². The Kier molecular flexibility index (Phi) is 3.92. The molecule has 0 aliphatic heterocycles. The number of nitriles is 1. The SMILES string of the molecule is N#CCc1nc(CCl)c(C(F)F)cc1F. The normalized spacial score (nSPS) is 10.4. The summed E-state index contributed by atoms with van der Waals surface area (Å²) in [6.45, 7) is 0. The molecule has 0 spiro atoms. The Morgan fingerprint density at radius 3 is 2.60 bits per heavy atom. The van der Waals surface area contributed by atoms with Crippen LogP contribution in [0.25, 0.3) is 0 Å². The van der Waals surface area contributed by atoms with Crippen molar-refractivity contribution in [3.05, 3.63) is 28.8 Å². The van der Waals surface area contributed by atoms with Crippen molar-refractivity contribution in [1.29, 1.82) is 5.26 Å². The first kappa shape index (κ1) is 11.8. The average molecular weight is 235 g/mol. The van der Waals surface area contributed by atoms with Crippen LogP contribution in [0.4, 0.5) is 13.2 Å². The Balaban J connectivity index is 3.24. The van der Waals surface area contributed by atoms with E-state index in [2.05, 4.69) is 4.98 Å². The minimum Gasteiger partial charge on any atom is -0.252 e. The zero-order chi connectivity index (χ0) is 11.4. The largest absolute Gasteiger partial charge is 0.265 e. The molecular formula is C9H6ClF3N2. The lowest BCUT2D eigenvalue weighted by Crippen LogP contribution is -2.03. The molecule has 1 rings (SSSR count). The first-order chi connectivity index (χ1) is 7.10. The summed E-state index contributed by atoms with van der Waals surface area (Å²) in [6, 6.07) is 2.37. The lowest BCUT2D eigenvalue weighted by Gasteiger charge is -2.07. The smallest absolute Gasteiger partial charge is 0.252 e. The van der Waals surface area contributed by atoms with Crippen LogP contribution in [0, 0.1) is 17.1 Å². The predicted molar refractivity (Wildman–Crippen MR) is 48.0 cm³/mol. The van der Waals surface area contributed by atoms with Gasteiger partial charge >= 0.3 is 0 Å². The summed E-state index contributed by atoms with van der Waals surface area (Å²) in [6.07, 6.45) is -3.09. The Morgan fingerprint density at radius 2 is 2.13 bits per heavy atom. The van der Waals surface area contributed by atoms with Crippen molar-refractivity contribution in [3.63, 3.8) is 0 Å². The molecule has 0 aliphatic rings. The van der Waals surface area contributed by atoms with Gasteiger partial charge in [0.2, 0.25) is 0 Å². The van der Waals surface area contributed by atoms with Crippen LogP contribution < -0.4 is 0 Å². The maximum absolute atomic E-state index is 13.1. The highest BCUT2D eigenvalue weighted by atomic mass is 35.5. The molecule has 0 saturated heterocycles. The molecule has 0 N–H and O–H groups in total. The molecule has 80 valence electrons. The van der Waals surface area contributed by atoms with Crippen LogP contribution in [0.3, 0.4) is 0 Å². The van der Waals surface area contributed by atoms with Gasteiger partial charge in [0.05, 0.1) is 29.8 Å². The molecule has 1 heterocycles. The Bertz CT molecular complexity index is 401. The second-order valence-corrected chi connectivity index (χ2v) is 2.99. The zero-order valence-corrected chi connectivity index (χ0v) is 8.23. The van der Waals surface area contributed by atoms with Gasteiger partial charge in [0.1, 0.15) is 5.82 Å². The second-order valence-electron chi connectivity index (χ2n) is 2.72. The lowest BCUT2D eigenvalue weighted by molar-refractivity contribution is 0.149. The third-order valence-corrected chi connectivity index (χ3v) is 2.02. The average Bonchev–Trinajstić information content (AvgIpc) is 2.20. The van der Waals surface area contributed by atoms with E-state index in [1.54, 1.807) is 6.07 Å². The molecule has 0 aromatic carbocycles. The standard InChI is InChI=1S/C9H6ClF3N2/c10-4-8-5(9(12)13)3-6(11)7(15-8)1-2-14/h3,9H,1,4H2. The van der Waals surface area contributed by atoms with Crippen molar-refractivity contribution in [1.82, 2.24) is 4.98 Å². The van der Waals surface area contributed by atoms with Gasteiger partial charge in [-0.05, 0) is 6.07 Å². The number of alkyl halides is 3. The third-order valence-electron chi connectivity index (χ3n) is 1.77. The fourth-order valence-electron chi connectivity index (χ4n) is 1.08. The maximum Gasteiger partial charge on any atom is 0.265 e. The number of hydrogen-bond acceptors (Lipinski definition) is 2. The molecule has 6 heteroatoms. The Morgan fingerprint density at radius 1 is 1.47 bits per heavy atom. The highest BCUT2D eigenvalue weighted by molar-refractivity contribution is 6.17. The van der Waals surface area contributed by atoms with E-state index in [0.29, 0.717) is 6.07 Å². The molecule has 1 aromatic heterocycles. The highest BCUT2D eigenvalue weighted by Gasteiger charge is 2.17. The Hall–Kier alpha value is -1.28. The first-order valence-electron chi connectivity index (χ1n) is 3.99. The molecule has 0 fully saturated rings. The van der Waals surface area contributed by atoms with E-state index in [-0.39, 0.29) is 23.7 Å². The summed E-state index contributed by atoms with van der Waals surface area (Å²) in [5.74, 6) is -1.14. The predicted octanol–water partition coefficient (Wildman–Crippen LogP) is 2.96. The number of rotatable bonds is 3. The lowest BCUT2D eigenvalue weighted by atomic mass is 10.1. The van der Waals surface area contributed by atoms with Gasteiger partial charge in [0.25, 0.3) is 6.43 Å². The van der Waals surface area contributed by atoms with E-state index in [1.807, 2.05) is 0 Å². The van der Waals surface area contributed by atoms with Crippen LogP contribution in [0.5, 0.6) is 0 Å². The van der Waals surface area contributed by atoms with Crippen molar-refractivity contribution in [3.8, 4) is 6.07 Å². The molecule has 0 bridgehead atoms. The minimum atomic E-state index is -2.82. The van der Waals surface area contributed by atoms with Crippen LogP contribution in [-0.2, 0) is 12.3 Å². The molecule has 2 nitrogen and oxygen atoms in total. The van der Waals surface area contributed by atoms with Crippen LogP contribution in [-0.4, -0.2) is 4.98 Å². The van der Waals surface area contributed by atoms with Gasteiger partial charge in [0.15, 0.2) is 0 Å². The quantitative estimate of drug-likeness (QED) is 0.754. The summed E-state index contributed by atoms with van der Waals surface area (Å²) in [5, 5.41) is 8.35. The molecule has 0 aliphatic carbocycles. The third kappa shape index (κ3) is 2.60. The van der Waals surface area contributed by atoms with E-state index in [9.17, 15) is 13.2 Å². The van der Waals surface area contributed by atoms with E-state index >= 15 is 0 Å². The molecule has 0 saturated carbocycles. The molecular weight excluding hydrogens is 229 g/mol. The van der Waals surface area contributed by atoms with E-state index in [0.717, 1.165) is 0 Å². The molecule has 0 unspecified atom stereocenters. The van der Waals surface area contributed by atoms with Crippen molar-refractivity contribution in [2.45, 2.75) is 18.7 Å². The van der Waals surface area contributed by atoms with Gasteiger partial charge in [0, 0.05) is 5.56 Å². The number of halogens is 4. The van der Waals surface area contributed by atoms with Crippen LogP contribution in [0.15, 0.2) is 6.07 Å². The summed E-state index contributed by atoms with van der Waals surface area (Å²) >= 11 is 5.40. The van der Waals surface area contributed by atoms with Crippen molar-refractivity contribution in [2.75, 3.05) is 0 Å². The van der Waals surface area contributed by atoms with E-state index < -0.39 is 17.8 Å². The highest BCUT2D eigenvalue weighted by Crippen LogP contribution is 2.24.